The summed E-state index contributed by atoms with van der Waals surface area (Å²) in [5.74, 6) is -0.359. The number of rotatable bonds is 11. The molecule has 0 saturated carbocycles. The van der Waals surface area contributed by atoms with Gasteiger partial charge in [-0.2, -0.15) is 0 Å². The quantitative estimate of drug-likeness (QED) is 0.492. The van der Waals surface area contributed by atoms with Crippen molar-refractivity contribution in [2.45, 2.75) is 39.3 Å². The van der Waals surface area contributed by atoms with Crippen molar-refractivity contribution in [1.82, 2.24) is 14.7 Å². The van der Waals surface area contributed by atoms with Gasteiger partial charge in [-0.3, -0.25) is 19.4 Å². The van der Waals surface area contributed by atoms with Crippen LogP contribution in [-0.2, 0) is 16.1 Å². The number of nitrogens with zero attached hydrogens (tertiary/aromatic N) is 3. The molecule has 9 heteroatoms. The number of amides is 3. The first-order valence-electron chi connectivity index (χ1n) is 11.7. The van der Waals surface area contributed by atoms with Gasteiger partial charge in [0.25, 0.3) is 0 Å². The van der Waals surface area contributed by atoms with Crippen LogP contribution in [0.1, 0.15) is 42.5 Å². The Balaban J connectivity index is 1.66. The fourth-order valence-corrected chi connectivity index (χ4v) is 4.36. The van der Waals surface area contributed by atoms with Crippen LogP contribution >= 0.6 is 11.6 Å². The lowest BCUT2D eigenvalue weighted by molar-refractivity contribution is -0.138. The lowest BCUT2D eigenvalue weighted by atomic mass is 10.0. The maximum atomic E-state index is 12.2. The number of imide groups is 1. The van der Waals surface area contributed by atoms with Gasteiger partial charge in [0.2, 0.25) is 5.91 Å². The van der Waals surface area contributed by atoms with Crippen molar-refractivity contribution in [3.8, 4) is 5.75 Å². The zero-order chi connectivity index (χ0) is 25.5. The molecule has 1 unspecified atom stereocenters. The van der Waals surface area contributed by atoms with Gasteiger partial charge in [0.15, 0.2) is 0 Å². The molecule has 3 rings (SSSR count). The molecular formula is C26H32ClN3O5. The Morgan fingerprint density at radius 3 is 2.54 bits per heavy atom. The maximum absolute atomic E-state index is 12.2. The van der Waals surface area contributed by atoms with Crippen LogP contribution in [0.5, 0.6) is 5.75 Å². The number of halogens is 1. The van der Waals surface area contributed by atoms with Crippen molar-refractivity contribution < 1.29 is 24.2 Å². The molecule has 35 heavy (non-hydrogen) atoms. The number of hydrogen-bond donors (Lipinski definition) is 1. The molecule has 1 fully saturated rings. The van der Waals surface area contributed by atoms with Gasteiger partial charge in [-0.25, -0.2) is 4.79 Å². The van der Waals surface area contributed by atoms with E-state index in [2.05, 4.69) is 4.90 Å². The summed E-state index contributed by atoms with van der Waals surface area (Å²) in [6.07, 6.45) is 0.307. The molecule has 1 atom stereocenters. The van der Waals surface area contributed by atoms with Gasteiger partial charge in [-0.05, 0) is 48.4 Å². The first kappa shape index (κ1) is 26.5. The molecule has 2 aromatic carbocycles. The summed E-state index contributed by atoms with van der Waals surface area (Å²) in [5.41, 5.74) is 2.86. The molecule has 0 spiro atoms. The first-order valence-corrected chi connectivity index (χ1v) is 12.1. The maximum Gasteiger partial charge on any atom is 0.326 e. The van der Waals surface area contributed by atoms with E-state index in [0.29, 0.717) is 36.8 Å². The predicted octanol–water partition coefficient (Wildman–Crippen LogP) is 4.35. The minimum absolute atomic E-state index is 0.0151. The first-order chi connectivity index (χ1) is 16.7. The zero-order valence-electron chi connectivity index (χ0n) is 20.4. The van der Waals surface area contributed by atoms with E-state index in [0.717, 1.165) is 16.7 Å². The molecule has 0 bridgehead atoms. The Labute approximate surface area is 211 Å². The second-order valence-corrected chi connectivity index (χ2v) is 9.11. The molecule has 0 aromatic heterocycles. The Morgan fingerprint density at radius 1 is 1.20 bits per heavy atom. The van der Waals surface area contributed by atoms with Gasteiger partial charge in [-0.1, -0.05) is 42.8 Å². The number of carboxylic acid groups (broad SMARTS) is 1. The second kappa shape index (κ2) is 12.0. The molecule has 8 nitrogen and oxygen atoms in total. The molecule has 0 aliphatic carbocycles. The van der Waals surface area contributed by atoms with Crippen molar-refractivity contribution in [2.24, 2.45) is 0 Å². The van der Waals surface area contributed by atoms with Gasteiger partial charge in [0.1, 0.15) is 12.4 Å². The summed E-state index contributed by atoms with van der Waals surface area (Å²) in [6.45, 7) is 6.04. The van der Waals surface area contributed by atoms with Gasteiger partial charge < -0.3 is 14.7 Å². The third-order valence-electron chi connectivity index (χ3n) is 6.19. The van der Waals surface area contributed by atoms with E-state index < -0.39 is 5.97 Å². The molecule has 1 aliphatic heterocycles. The molecular weight excluding hydrogens is 470 g/mol. The smallest absolute Gasteiger partial charge is 0.326 e. The zero-order valence-corrected chi connectivity index (χ0v) is 21.1. The molecule has 188 valence electrons. The lowest BCUT2D eigenvalue weighted by Gasteiger charge is -2.31. The molecule has 2 aromatic rings. The standard InChI is InChI=1S/C26H32ClN3O5/c1-4-29(22(16-25(32)33)20-6-8-21(27)9-7-20)17-19-5-10-23(18(2)15-19)35-14-13-30-24(31)11-12-28(3)26(30)34/h5-10,15,22H,4,11-14,16-17H2,1-3H3,(H,32,33). The Hall–Kier alpha value is -3.10. The fourth-order valence-electron chi connectivity index (χ4n) is 4.23. The van der Waals surface area contributed by atoms with Crippen molar-refractivity contribution in [2.75, 3.05) is 33.3 Å². The third-order valence-corrected chi connectivity index (χ3v) is 6.44. The highest BCUT2D eigenvalue weighted by molar-refractivity contribution is 6.30. The largest absolute Gasteiger partial charge is 0.491 e. The third kappa shape index (κ3) is 6.96. The fraction of sp³-hybridized carbons (Fsp3) is 0.423. The van der Waals surface area contributed by atoms with Crippen LogP contribution in [0.2, 0.25) is 5.02 Å². The van der Waals surface area contributed by atoms with Crippen LogP contribution in [0.3, 0.4) is 0 Å². The summed E-state index contributed by atoms with van der Waals surface area (Å²) in [4.78, 5) is 40.7. The number of aliphatic carboxylic acids is 1. The molecule has 1 N–H and O–H groups in total. The Kier molecular flexibility index (Phi) is 9.12. The molecule has 1 aliphatic rings. The molecule has 0 radical (unpaired) electrons. The van der Waals surface area contributed by atoms with Crippen LogP contribution in [0.15, 0.2) is 42.5 Å². The lowest BCUT2D eigenvalue weighted by Crippen LogP contribution is -2.51. The highest BCUT2D eigenvalue weighted by atomic mass is 35.5. The number of urea groups is 1. The van der Waals surface area contributed by atoms with Gasteiger partial charge in [0.05, 0.1) is 13.0 Å². The Bertz CT molecular complexity index is 1060. The summed E-state index contributed by atoms with van der Waals surface area (Å²) >= 11 is 6.02. The number of carbonyl (C=O) groups is 3. The average Bonchev–Trinajstić information content (AvgIpc) is 2.82. The van der Waals surface area contributed by atoms with Crippen molar-refractivity contribution in [3.05, 3.63) is 64.2 Å². The summed E-state index contributed by atoms with van der Waals surface area (Å²) in [6, 6.07) is 12.6. The van der Waals surface area contributed by atoms with E-state index >= 15 is 0 Å². The van der Waals surface area contributed by atoms with E-state index in [4.69, 9.17) is 16.3 Å². The van der Waals surface area contributed by atoms with Gasteiger partial charge in [0, 0.05) is 37.6 Å². The van der Waals surface area contributed by atoms with E-state index in [9.17, 15) is 19.5 Å². The van der Waals surface area contributed by atoms with Crippen LogP contribution < -0.4 is 4.74 Å². The summed E-state index contributed by atoms with van der Waals surface area (Å²) in [7, 11) is 1.68. The minimum Gasteiger partial charge on any atom is -0.491 e. The highest BCUT2D eigenvalue weighted by Crippen LogP contribution is 2.28. The normalized spacial score (nSPS) is 15.0. The van der Waals surface area contributed by atoms with E-state index in [1.165, 1.54) is 9.80 Å². The summed E-state index contributed by atoms with van der Waals surface area (Å²) < 4.78 is 5.87. The average molecular weight is 502 g/mol. The van der Waals surface area contributed by atoms with Crippen LogP contribution in [0, 0.1) is 6.92 Å². The van der Waals surface area contributed by atoms with Gasteiger partial charge >= 0.3 is 12.0 Å². The van der Waals surface area contributed by atoms with Crippen molar-refractivity contribution in [3.63, 3.8) is 0 Å². The highest BCUT2D eigenvalue weighted by Gasteiger charge is 2.29. The number of hydrogen-bond acceptors (Lipinski definition) is 5. The minimum atomic E-state index is -0.861. The van der Waals surface area contributed by atoms with Crippen molar-refractivity contribution in [1.29, 1.82) is 0 Å². The van der Waals surface area contributed by atoms with E-state index in [-0.39, 0.29) is 37.6 Å². The van der Waals surface area contributed by atoms with E-state index in [1.807, 2.05) is 44.2 Å². The van der Waals surface area contributed by atoms with Crippen LogP contribution in [0.4, 0.5) is 4.79 Å². The van der Waals surface area contributed by atoms with Crippen LogP contribution in [-0.4, -0.2) is 71.0 Å². The number of carbonyl (C=O) groups excluding carboxylic acids is 2. The second-order valence-electron chi connectivity index (χ2n) is 8.68. The topological polar surface area (TPSA) is 90.4 Å². The summed E-state index contributed by atoms with van der Waals surface area (Å²) in [5, 5.41) is 10.1. The number of benzene rings is 2. The molecule has 1 saturated heterocycles. The monoisotopic (exact) mass is 501 g/mol. The predicted molar refractivity (Wildman–Crippen MR) is 134 cm³/mol. The number of ether oxygens (including phenoxy) is 1. The van der Waals surface area contributed by atoms with E-state index in [1.54, 1.807) is 19.2 Å². The number of aryl methyl sites for hydroxylation is 1. The van der Waals surface area contributed by atoms with Gasteiger partial charge in [-0.15, -0.1) is 0 Å². The SMILES string of the molecule is CCN(Cc1ccc(OCCN2C(=O)CCN(C)C2=O)c(C)c1)C(CC(=O)O)c1ccc(Cl)cc1. The number of carboxylic acids is 1. The van der Waals surface area contributed by atoms with Crippen LogP contribution in [0.25, 0.3) is 0 Å². The van der Waals surface area contributed by atoms with Crippen molar-refractivity contribution >= 4 is 29.5 Å². The molecule has 1 heterocycles. The Morgan fingerprint density at radius 2 is 1.91 bits per heavy atom. The molecule has 3 amide bonds.